The third kappa shape index (κ3) is 10.9. The van der Waals surface area contributed by atoms with Crippen LogP contribution in [0, 0.1) is 0 Å². The van der Waals surface area contributed by atoms with Crippen molar-refractivity contribution in [2.45, 2.75) is 25.4 Å². The van der Waals surface area contributed by atoms with Gasteiger partial charge in [0.25, 0.3) is 0 Å². The van der Waals surface area contributed by atoms with Crippen molar-refractivity contribution in [3.05, 3.63) is 59.7 Å². The van der Waals surface area contributed by atoms with Crippen LogP contribution in [0.2, 0.25) is 0 Å². The van der Waals surface area contributed by atoms with Gasteiger partial charge in [-0.2, -0.15) is 18.3 Å². The molecular weight excluding hydrogens is 441 g/mol. The predicted octanol–water partition coefficient (Wildman–Crippen LogP) is 3.20. The third-order valence-electron chi connectivity index (χ3n) is 4.39. The topological polar surface area (TPSA) is 131 Å². The highest BCUT2D eigenvalue weighted by molar-refractivity contribution is 5.81. The normalized spacial score (nSPS) is 10.9. The van der Waals surface area contributed by atoms with E-state index in [1.165, 1.54) is 12.7 Å². The Morgan fingerprint density at radius 1 is 1.15 bits per heavy atom. The number of carbonyl (C=O) groups excluding carboxylic acids is 1. The molecule has 0 fully saturated rings. The number of carboxylic acid groups (broad SMARTS) is 1. The van der Waals surface area contributed by atoms with Crippen LogP contribution in [0.1, 0.15) is 24.0 Å². The van der Waals surface area contributed by atoms with Crippen LogP contribution in [0.3, 0.4) is 0 Å². The Morgan fingerprint density at radius 2 is 1.79 bits per heavy atom. The van der Waals surface area contributed by atoms with E-state index < -0.39 is 12.1 Å². The number of alkyl halides is 3. The fraction of sp³-hybridized carbons (Fsp3) is 0.318. The van der Waals surface area contributed by atoms with Crippen molar-refractivity contribution in [2.24, 2.45) is 10.9 Å². The second-order valence-electron chi connectivity index (χ2n) is 6.83. The Kier molecular flexibility index (Phi) is 11.2. The van der Waals surface area contributed by atoms with Gasteiger partial charge in [-0.15, -0.1) is 0 Å². The van der Waals surface area contributed by atoms with E-state index >= 15 is 0 Å². The number of aliphatic carboxylic acids is 1. The van der Waals surface area contributed by atoms with Crippen molar-refractivity contribution < 1.29 is 32.6 Å². The number of carboxylic acids is 1. The predicted molar refractivity (Wildman–Crippen MR) is 120 cm³/mol. The van der Waals surface area contributed by atoms with Crippen molar-refractivity contribution in [1.82, 2.24) is 0 Å². The van der Waals surface area contributed by atoms with E-state index in [9.17, 15) is 18.0 Å². The van der Waals surface area contributed by atoms with Gasteiger partial charge in [0.1, 0.15) is 0 Å². The Hall–Kier alpha value is -3.76. The molecule has 0 unspecified atom stereocenters. The molecule has 2 rings (SSSR count). The average molecular weight is 468 g/mol. The molecule has 0 aliphatic heterocycles. The molecule has 0 aromatic heterocycles. The van der Waals surface area contributed by atoms with E-state index in [1.807, 2.05) is 42.5 Å². The number of rotatable bonds is 9. The first-order valence-corrected chi connectivity index (χ1v) is 9.86. The van der Waals surface area contributed by atoms with E-state index in [-0.39, 0.29) is 5.97 Å². The molecule has 0 aliphatic carbocycles. The van der Waals surface area contributed by atoms with E-state index in [4.69, 9.17) is 26.2 Å². The van der Waals surface area contributed by atoms with Crippen LogP contribution in [-0.2, 0) is 20.7 Å². The molecule has 0 aliphatic rings. The summed E-state index contributed by atoms with van der Waals surface area (Å²) in [6, 6.07) is 15.9. The Labute approximate surface area is 189 Å². The molecule has 2 aromatic rings. The largest absolute Gasteiger partial charge is 0.490 e. The molecular formula is C22H27F3N4O4. The van der Waals surface area contributed by atoms with Crippen LogP contribution in [0.25, 0.3) is 0 Å². The summed E-state index contributed by atoms with van der Waals surface area (Å²) in [6.07, 6.45) is -1.45. The molecule has 0 atom stereocenters. The minimum Gasteiger partial charge on any atom is -0.475 e. The number of methoxy groups -OCH3 is 1. The molecule has 0 bridgehead atoms. The smallest absolute Gasteiger partial charge is 0.475 e. The van der Waals surface area contributed by atoms with Crippen LogP contribution in [0.4, 0.5) is 24.5 Å². The van der Waals surface area contributed by atoms with Crippen molar-refractivity contribution in [2.75, 3.05) is 30.8 Å². The molecule has 33 heavy (non-hydrogen) atoms. The van der Waals surface area contributed by atoms with Gasteiger partial charge in [-0.1, -0.05) is 24.3 Å². The van der Waals surface area contributed by atoms with Gasteiger partial charge in [-0.25, -0.2) is 4.79 Å². The highest BCUT2D eigenvalue weighted by Gasteiger charge is 2.38. The summed E-state index contributed by atoms with van der Waals surface area (Å²) < 4.78 is 36.5. The number of hydrogen-bond donors (Lipinski definition) is 3. The van der Waals surface area contributed by atoms with Gasteiger partial charge in [-0.05, 0) is 48.2 Å². The lowest BCUT2D eigenvalue weighted by Gasteiger charge is -2.25. The fourth-order valence-corrected chi connectivity index (χ4v) is 2.72. The molecule has 8 nitrogen and oxygen atoms in total. The number of ether oxygens (including phenoxy) is 1. The lowest BCUT2D eigenvalue weighted by Crippen LogP contribution is -2.27. The number of anilines is 2. The molecule has 2 aromatic carbocycles. The zero-order valence-electron chi connectivity index (χ0n) is 18.1. The molecule has 5 N–H and O–H groups in total. The van der Waals surface area contributed by atoms with Gasteiger partial charge in [-0.3, -0.25) is 4.79 Å². The van der Waals surface area contributed by atoms with Gasteiger partial charge in [0, 0.05) is 30.9 Å². The zero-order chi connectivity index (χ0) is 24.9. The number of hydrazone groups is 1. The second kappa shape index (κ2) is 13.6. The first-order valence-electron chi connectivity index (χ1n) is 9.86. The highest BCUT2D eigenvalue weighted by atomic mass is 19.4. The fourth-order valence-electron chi connectivity index (χ4n) is 2.72. The highest BCUT2D eigenvalue weighted by Crippen LogP contribution is 2.18. The lowest BCUT2D eigenvalue weighted by molar-refractivity contribution is -0.192. The Bertz CT molecular complexity index is 919. The van der Waals surface area contributed by atoms with Crippen LogP contribution in [0.5, 0.6) is 0 Å². The molecule has 0 saturated heterocycles. The van der Waals surface area contributed by atoms with Gasteiger partial charge >= 0.3 is 18.1 Å². The summed E-state index contributed by atoms with van der Waals surface area (Å²) in [5.74, 6) is 2.31. The summed E-state index contributed by atoms with van der Waals surface area (Å²) in [4.78, 5) is 22.5. The number of nitrogens with zero attached hydrogens (tertiary/aromatic N) is 2. The van der Waals surface area contributed by atoms with Gasteiger partial charge in [0.15, 0.2) is 0 Å². The van der Waals surface area contributed by atoms with Crippen LogP contribution in [0.15, 0.2) is 53.6 Å². The molecule has 180 valence electrons. The number of nitrogen functional groups attached to an aromatic ring is 1. The van der Waals surface area contributed by atoms with Crippen molar-refractivity contribution in [3.63, 3.8) is 0 Å². The van der Waals surface area contributed by atoms with Crippen LogP contribution >= 0.6 is 0 Å². The first-order chi connectivity index (χ1) is 15.6. The lowest BCUT2D eigenvalue weighted by atomic mass is 10.1. The molecule has 0 saturated carbocycles. The van der Waals surface area contributed by atoms with Crippen LogP contribution < -0.4 is 16.5 Å². The Balaban J connectivity index is 0.000000675. The molecule has 0 radical (unpaired) electrons. The summed E-state index contributed by atoms with van der Waals surface area (Å²) in [7, 11) is 1.41. The minimum absolute atomic E-state index is 0.187. The van der Waals surface area contributed by atoms with E-state index in [2.05, 4.69) is 16.1 Å². The first kappa shape index (κ1) is 27.3. The maximum absolute atomic E-state index is 11.4. The summed E-state index contributed by atoms with van der Waals surface area (Å²) in [6.45, 7) is 1.58. The molecule has 0 spiro atoms. The van der Waals surface area contributed by atoms with E-state index in [0.717, 1.165) is 42.9 Å². The average Bonchev–Trinajstić information content (AvgIpc) is 2.77. The second-order valence-corrected chi connectivity index (χ2v) is 6.83. The van der Waals surface area contributed by atoms with E-state index in [1.54, 1.807) is 6.21 Å². The number of nitrogens with two attached hydrogens (primary N) is 2. The third-order valence-corrected chi connectivity index (χ3v) is 4.39. The van der Waals surface area contributed by atoms with Crippen molar-refractivity contribution >= 4 is 29.5 Å². The number of hydrogen-bond acceptors (Lipinski definition) is 7. The maximum atomic E-state index is 11.4. The molecule has 11 heteroatoms. The van der Waals surface area contributed by atoms with Gasteiger partial charge in [0.2, 0.25) is 0 Å². The zero-order valence-corrected chi connectivity index (χ0v) is 18.1. The summed E-state index contributed by atoms with van der Waals surface area (Å²) >= 11 is 0. The monoisotopic (exact) mass is 468 g/mol. The minimum atomic E-state index is -5.08. The maximum Gasteiger partial charge on any atom is 0.490 e. The number of benzene rings is 2. The summed E-state index contributed by atoms with van der Waals surface area (Å²) in [5, 5.41) is 10.7. The quantitative estimate of drug-likeness (QED) is 0.169. The Morgan fingerprint density at radius 3 is 2.33 bits per heavy atom. The number of halogens is 3. The van der Waals surface area contributed by atoms with Gasteiger partial charge in [0.05, 0.1) is 13.3 Å². The van der Waals surface area contributed by atoms with E-state index in [0.29, 0.717) is 6.42 Å². The number of carbonyl (C=O) groups is 2. The van der Waals surface area contributed by atoms with Crippen LogP contribution in [-0.4, -0.2) is 49.6 Å². The standard InChI is InChI=1S/C20H26N4O2.C2HF3O2/c1-26-20(25)6-3-12-24(13-11-16-7-9-18(21)10-8-16)19-5-2-4-17(14-19)15-23-22;3-2(4,5)1(6)7/h2,4-5,7-10,14-15H,3,6,11-13,21-22H2,1H3;(H,6,7). The van der Waals surface area contributed by atoms with Crippen molar-refractivity contribution in [3.8, 4) is 0 Å². The number of esters is 1. The summed E-state index contributed by atoms with van der Waals surface area (Å²) in [5.41, 5.74) is 9.74. The molecule has 0 amide bonds. The molecule has 0 heterocycles. The van der Waals surface area contributed by atoms with Crippen molar-refractivity contribution in [1.29, 1.82) is 0 Å². The van der Waals surface area contributed by atoms with Gasteiger partial charge < -0.3 is 26.3 Å². The SMILES string of the molecule is COC(=O)CCCN(CCc1ccc(N)cc1)c1cccc(C=NN)c1.O=C(O)C(F)(F)F.